The molecular weight excluding hydrogens is 202 g/mol. The lowest BCUT2D eigenvalue weighted by Gasteiger charge is -2.23. The summed E-state index contributed by atoms with van der Waals surface area (Å²) in [6.07, 6.45) is 0. The Kier molecular flexibility index (Phi) is 6.60. The molecular formula is C12H27N3O. The molecule has 1 amide bonds. The van der Waals surface area contributed by atoms with Crippen molar-refractivity contribution in [2.24, 2.45) is 0 Å². The molecule has 0 heterocycles. The summed E-state index contributed by atoms with van der Waals surface area (Å²) in [4.78, 5) is 13.4. The number of likely N-dealkylation sites (N-methyl/N-ethyl adjacent to an activating group) is 1. The lowest BCUT2D eigenvalue weighted by molar-refractivity contribution is -0.131. The molecule has 0 aromatic heterocycles. The van der Waals surface area contributed by atoms with Crippen LogP contribution in [0.15, 0.2) is 0 Å². The van der Waals surface area contributed by atoms with Crippen LogP contribution in [0.3, 0.4) is 0 Å². The fourth-order valence-electron chi connectivity index (χ4n) is 1.30. The van der Waals surface area contributed by atoms with Crippen molar-refractivity contribution in [3.8, 4) is 0 Å². The van der Waals surface area contributed by atoms with Gasteiger partial charge in [0.2, 0.25) is 5.91 Å². The van der Waals surface area contributed by atoms with E-state index in [0.29, 0.717) is 0 Å². The minimum absolute atomic E-state index is 0.105. The third-order valence-electron chi connectivity index (χ3n) is 2.45. The zero-order valence-electron chi connectivity index (χ0n) is 11.6. The Morgan fingerprint density at radius 1 is 1.31 bits per heavy atom. The number of carbonyl (C=O) groups is 1. The van der Waals surface area contributed by atoms with E-state index in [1.54, 1.807) is 4.90 Å². The molecule has 2 N–H and O–H groups in total. The van der Waals surface area contributed by atoms with Gasteiger partial charge in [-0.2, -0.15) is 0 Å². The summed E-state index contributed by atoms with van der Waals surface area (Å²) in [5.41, 5.74) is 0.134. The van der Waals surface area contributed by atoms with E-state index in [0.717, 1.165) is 19.6 Å². The molecule has 4 heteroatoms. The second kappa shape index (κ2) is 6.86. The van der Waals surface area contributed by atoms with E-state index >= 15 is 0 Å². The first-order valence-corrected chi connectivity index (χ1v) is 6.01. The lowest BCUT2D eigenvalue weighted by atomic mass is 10.1. The maximum absolute atomic E-state index is 11.7. The fourth-order valence-corrected chi connectivity index (χ4v) is 1.30. The van der Waals surface area contributed by atoms with Gasteiger partial charge in [0.25, 0.3) is 0 Å². The molecule has 0 spiro atoms. The highest BCUT2D eigenvalue weighted by molar-refractivity contribution is 5.81. The van der Waals surface area contributed by atoms with Crippen LogP contribution < -0.4 is 10.6 Å². The Morgan fingerprint density at radius 2 is 1.88 bits per heavy atom. The molecule has 0 saturated carbocycles. The van der Waals surface area contributed by atoms with Crippen LogP contribution in [-0.4, -0.2) is 49.1 Å². The second-order valence-electron chi connectivity index (χ2n) is 5.21. The smallest absolute Gasteiger partial charge is 0.239 e. The number of nitrogens with zero attached hydrogens (tertiary/aromatic N) is 1. The lowest BCUT2D eigenvalue weighted by Crippen LogP contribution is -2.46. The molecule has 4 nitrogen and oxygen atoms in total. The van der Waals surface area contributed by atoms with Crippen molar-refractivity contribution in [3.05, 3.63) is 0 Å². The van der Waals surface area contributed by atoms with Gasteiger partial charge in [0, 0.05) is 32.2 Å². The van der Waals surface area contributed by atoms with Crippen LogP contribution in [0.2, 0.25) is 0 Å². The van der Waals surface area contributed by atoms with E-state index in [1.165, 1.54) is 0 Å². The average Bonchev–Trinajstić information content (AvgIpc) is 2.20. The minimum atomic E-state index is -0.105. The molecule has 0 fully saturated rings. The van der Waals surface area contributed by atoms with E-state index in [-0.39, 0.29) is 17.5 Å². The standard InChI is InChI=1S/C12H27N3O/c1-7-15(6)11(16)10(2)13-8-9-14-12(3,4)5/h10,13-14H,7-9H2,1-6H3. The van der Waals surface area contributed by atoms with E-state index < -0.39 is 0 Å². The predicted molar refractivity (Wildman–Crippen MR) is 68.5 cm³/mol. The Hall–Kier alpha value is -0.610. The second-order valence-corrected chi connectivity index (χ2v) is 5.21. The van der Waals surface area contributed by atoms with Gasteiger partial charge in [-0.25, -0.2) is 0 Å². The molecule has 1 unspecified atom stereocenters. The maximum Gasteiger partial charge on any atom is 0.239 e. The number of amides is 1. The molecule has 1 atom stereocenters. The van der Waals surface area contributed by atoms with Crippen LogP contribution in [-0.2, 0) is 4.79 Å². The zero-order valence-corrected chi connectivity index (χ0v) is 11.6. The van der Waals surface area contributed by atoms with E-state index in [9.17, 15) is 4.79 Å². The van der Waals surface area contributed by atoms with Crippen molar-refractivity contribution < 1.29 is 4.79 Å². The van der Waals surface area contributed by atoms with Crippen LogP contribution in [0.5, 0.6) is 0 Å². The topological polar surface area (TPSA) is 44.4 Å². The summed E-state index contributed by atoms with van der Waals surface area (Å²) in [5, 5.41) is 6.59. The van der Waals surface area contributed by atoms with E-state index in [2.05, 4.69) is 31.4 Å². The third-order valence-corrected chi connectivity index (χ3v) is 2.45. The summed E-state index contributed by atoms with van der Waals surface area (Å²) in [6.45, 7) is 12.7. The molecule has 0 aliphatic carbocycles. The van der Waals surface area contributed by atoms with Gasteiger partial charge in [0.05, 0.1) is 6.04 Å². The van der Waals surface area contributed by atoms with Crippen molar-refractivity contribution in [1.29, 1.82) is 0 Å². The van der Waals surface area contributed by atoms with Crippen molar-refractivity contribution in [1.82, 2.24) is 15.5 Å². The Labute approximate surface area is 99.8 Å². The Morgan fingerprint density at radius 3 is 2.31 bits per heavy atom. The van der Waals surface area contributed by atoms with Crippen LogP contribution >= 0.6 is 0 Å². The van der Waals surface area contributed by atoms with Crippen LogP contribution in [0, 0.1) is 0 Å². The van der Waals surface area contributed by atoms with E-state index in [4.69, 9.17) is 0 Å². The predicted octanol–water partition coefficient (Wildman–Crippen LogP) is 0.831. The highest BCUT2D eigenvalue weighted by Gasteiger charge is 2.15. The van der Waals surface area contributed by atoms with Crippen molar-refractivity contribution in [2.75, 3.05) is 26.7 Å². The van der Waals surface area contributed by atoms with Gasteiger partial charge in [-0.15, -0.1) is 0 Å². The summed E-state index contributed by atoms with van der Waals surface area (Å²) < 4.78 is 0. The molecule has 0 rings (SSSR count). The van der Waals surface area contributed by atoms with Gasteiger partial charge in [0.15, 0.2) is 0 Å². The summed E-state index contributed by atoms with van der Waals surface area (Å²) in [5.74, 6) is 0.151. The average molecular weight is 229 g/mol. The molecule has 0 aromatic rings. The van der Waals surface area contributed by atoms with Crippen LogP contribution in [0.4, 0.5) is 0 Å². The highest BCUT2D eigenvalue weighted by atomic mass is 16.2. The monoisotopic (exact) mass is 229 g/mol. The Bertz CT molecular complexity index is 211. The van der Waals surface area contributed by atoms with Crippen molar-refractivity contribution in [3.63, 3.8) is 0 Å². The number of hydrogen-bond acceptors (Lipinski definition) is 3. The van der Waals surface area contributed by atoms with Gasteiger partial charge in [-0.1, -0.05) is 0 Å². The zero-order chi connectivity index (χ0) is 12.8. The molecule has 0 saturated heterocycles. The van der Waals surface area contributed by atoms with Crippen LogP contribution in [0.25, 0.3) is 0 Å². The maximum atomic E-state index is 11.7. The van der Waals surface area contributed by atoms with Gasteiger partial charge < -0.3 is 15.5 Å². The third kappa shape index (κ3) is 6.80. The van der Waals surface area contributed by atoms with Crippen molar-refractivity contribution in [2.45, 2.75) is 46.2 Å². The molecule has 0 aliphatic rings. The summed E-state index contributed by atoms with van der Waals surface area (Å²) in [7, 11) is 1.83. The molecule has 0 aromatic carbocycles. The Balaban J connectivity index is 3.73. The van der Waals surface area contributed by atoms with Gasteiger partial charge in [-0.3, -0.25) is 4.79 Å². The normalized spacial score (nSPS) is 13.6. The highest BCUT2D eigenvalue weighted by Crippen LogP contribution is 1.96. The van der Waals surface area contributed by atoms with Gasteiger partial charge in [0.1, 0.15) is 0 Å². The van der Waals surface area contributed by atoms with Gasteiger partial charge in [-0.05, 0) is 34.6 Å². The first-order chi connectivity index (χ1) is 7.28. The molecule has 16 heavy (non-hydrogen) atoms. The molecule has 0 aliphatic heterocycles. The summed E-state index contributed by atoms with van der Waals surface area (Å²) >= 11 is 0. The number of rotatable bonds is 6. The molecule has 0 radical (unpaired) electrons. The first-order valence-electron chi connectivity index (χ1n) is 6.01. The minimum Gasteiger partial charge on any atom is -0.345 e. The quantitative estimate of drug-likeness (QED) is 0.663. The van der Waals surface area contributed by atoms with Crippen LogP contribution in [0.1, 0.15) is 34.6 Å². The SMILES string of the molecule is CCN(C)C(=O)C(C)NCCNC(C)(C)C. The fraction of sp³-hybridized carbons (Fsp3) is 0.917. The first kappa shape index (κ1) is 15.4. The van der Waals surface area contributed by atoms with E-state index in [1.807, 2.05) is 20.9 Å². The molecule has 0 bridgehead atoms. The number of nitrogens with one attached hydrogen (secondary N) is 2. The molecule has 96 valence electrons. The number of hydrogen-bond donors (Lipinski definition) is 2. The largest absolute Gasteiger partial charge is 0.345 e. The van der Waals surface area contributed by atoms with Gasteiger partial charge >= 0.3 is 0 Å². The summed E-state index contributed by atoms with van der Waals surface area (Å²) in [6, 6.07) is -0.105. The number of carbonyl (C=O) groups excluding carboxylic acids is 1. The van der Waals surface area contributed by atoms with Crippen molar-refractivity contribution >= 4 is 5.91 Å².